The summed E-state index contributed by atoms with van der Waals surface area (Å²) in [5.74, 6) is -11.0. The average Bonchev–Trinajstić information content (AvgIpc) is 3.55. The summed E-state index contributed by atoms with van der Waals surface area (Å²) in [7, 11) is -3.27. The summed E-state index contributed by atoms with van der Waals surface area (Å²) in [6, 6.07) is 7.98. The van der Waals surface area contributed by atoms with Crippen LogP contribution in [-0.2, 0) is 6.42 Å². The van der Waals surface area contributed by atoms with Crippen molar-refractivity contribution >= 4 is 36.9 Å². The number of aryl methyl sites for hydroxylation is 6. The quantitative estimate of drug-likeness (QED) is 0.0706. The molecule has 53 heavy (non-hydrogen) atoms. The Balaban J connectivity index is 1.92. The second kappa shape index (κ2) is 15.2. The highest BCUT2D eigenvalue weighted by Gasteiger charge is 2.37. The number of allylic oxidation sites excluding steroid dienone is 3. The molecule has 0 aliphatic carbocycles. The van der Waals surface area contributed by atoms with Crippen molar-refractivity contribution in [3.05, 3.63) is 149 Å². The molecule has 0 amide bonds. The number of aliphatic imine (C=N–C) groups is 1. The summed E-state index contributed by atoms with van der Waals surface area (Å²) in [5.41, 5.74) is 7.25. The third-order valence-corrected chi connectivity index (χ3v) is 10.1. The molecule has 0 saturated carbocycles. The predicted octanol–water partition coefficient (Wildman–Crippen LogP) is 12.5. The molecular formula is C43H42BF7N2. The second-order valence-corrected chi connectivity index (χ2v) is 13.8. The molecule has 0 bridgehead atoms. The van der Waals surface area contributed by atoms with E-state index in [0.29, 0.717) is 33.3 Å². The van der Waals surface area contributed by atoms with Crippen molar-refractivity contribution in [2.75, 3.05) is 0 Å². The molecule has 0 N–H and O–H groups in total. The standard InChI is InChI=1S/C43H42BF7N2/c1-11-29-27(9)42(52-33(29)15-13-31-23(5)17-21(3)18-24(31)6)36(35-37(45)39(47)41(49)40(48)38(35)46)43-28(10)30(12-2)34(53(43)44(50)51)16-14-32-25(7)19-22(4)20-26(32)8/h13-20H,11-12H2,1-10H3/b15-13+,16-14+,42-36-. The third kappa shape index (κ3) is 7.00. The van der Waals surface area contributed by atoms with Gasteiger partial charge in [0.15, 0.2) is 23.3 Å². The van der Waals surface area contributed by atoms with Crippen LogP contribution in [-0.4, -0.2) is 17.6 Å². The van der Waals surface area contributed by atoms with Gasteiger partial charge in [0.1, 0.15) is 0 Å². The first-order chi connectivity index (χ1) is 24.9. The van der Waals surface area contributed by atoms with E-state index in [2.05, 4.69) is 0 Å². The fourth-order valence-corrected chi connectivity index (χ4v) is 7.76. The number of benzene rings is 3. The predicted molar refractivity (Wildman–Crippen MR) is 204 cm³/mol. The van der Waals surface area contributed by atoms with Crippen molar-refractivity contribution in [2.24, 2.45) is 4.99 Å². The maximum Gasteiger partial charge on any atom is 0.678 e. The molecule has 276 valence electrons. The van der Waals surface area contributed by atoms with Crippen LogP contribution in [0.15, 0.2) is 52.2 Å². The van der Waals surface area contributed by atoms with Gasteiger partial charge in [-0.1, -0.05) is 61.4 Å². The van der Waals surface area contributed by atoms with Crippen LogP contribution in [0.1, 0.15) is 99.8 Å². The lowest BCUT2D eigenvalue weighted by atomic mass is 9.91. The second-order valence-electron chi connectivity index (χ2n) is 13.8. The molecule has 0 unspecified atom stereocenters. The molecule has 2 heterocycles. The van der Waals surface area contributed by atoms with E-state index >= 15 is 26.2 Å². The maximum atomic E-state index is 16.0. The fourth-order valence-electron chi connectivity index (χ4n) is 7.76. The zero-order valence-corrected chi connectivity index (χ0v) is 31.7. The van der Waals surface area contributed by atoms with Crippen LogP contribution in [0.5, 0.6) is 0 Å². The Labute approximate surface area is 307 Å². The number of rotatable bonds is 9. The molecule has 2 nitrogen and oxygen atoms in total. The lowest BCUT2D eigenvalue weighted by Crippen LogP contribution is -2.20. The zero-order chi connectivity index (χ0) is 39.2. The van der Waals surface area contributed by atoms with Gasteiger partial charge in [-0.2, -0.15) is 0 Å². The Morgan fingerprint density at radius 1 is 0.642 bits per heavy atom. The summed E-state index contributed by atoms with van der Waals surface area (Å²) in [6.45, 7) is 18.4. The van der Waals surface area contributed by atoms with Crippen LogP contribution in [0.3, 0.4) is 0 Å². The van der Waals surface area contributed by atoms with E-state index in [1.807, 2.05) is 78.8 Å². The fraction of sp³-hybridized carbons (Fsp3) is 0.279. The molecule has 1 aromatic heterocycles. The van der Waals surface area contributed by atoms with Crippen LogP contribution in [0.2, 0.25) is 0 Å². The largest absolute Gasteiger partial charge is 0.678 e. The van der Waals surface area contributed by atoms with E-state index in [-0.39, 0.29) is 29.1 Å². The van der Waals surface area contributed by atoms with Gasteiger partial charge in [0.25, 0.3) is 0 Å². The molecule has 0 fully saturated rings. The van der Waals surface area contributed by atoms with E-state index in [1.165, 1.54) is 13.0 Å². The monoisotopic (exact) mass is 730 g/mol. The molecule has 0 spiro atoms. The van der Waals surface area contributed by atoms with Crippen molar-refractivity contribution < 1.29 is 30.6 Å². The Morgan fingerprint density at radius 2 is 1.09 bits per heavy atom. The molecule has 0 saturated heterocycles. The Bertz CT molecular complexity index is 2240. The molecule has 4 aromatic rings. The highest BCUT2D eigenvalue weighted by atomic mass is 19.2. The summed E-state index contributed by atoms with van der Waals surface area (Å²) in [6.07, 6.45) is 7.42. The van der Waals surface area contributed by atoms with Gasteiger partial charge in [-0.05, 0) is 136 Å². The topological polar surface area (TPSA) is 17.3 Å². The van der Waals surface area contributed by atoms with Crippen molar-refractivity contribution in [1.82, 2.24) is 4.48 Å². The van der Waals surface area contributed by atoms with Crippen molar-refractivity contribution in [3.63, 3.8) is 0 Å². The minimum atomic E-state index is -3.27. The number of nitrogens with zero attached hydrogens (tertiary/aromatic N) is 2. The summed E-state index contributed by atoms with van der Waals surface area (Å²) in [5, 5.41) is 0. The first kappa shape index (κ1) is 39.4. The minimum Gasteiger partial charge on any atom is -0.325 e. The van der Waals surface area contributed by atoms with Gasteiger partial charge in [0, 0.05) is 17.0 Å². The smallest absolute Gasteiger partial charge is 0.325 e. The molecule has 1 aliphatic heterocycles. The Hall–Kier alpha value is -4.86. The van der Waals surface area contributed by atoms with E-state index in [9.17, 15) is 4.39 Å². The third-order valence-electron chi connectivity index (χ3n) is 10.1. The number of hydrogen-bond acceptors (Lipinski definition) is 1. The molecule has 0 atom stereocenters. The van der Waals surface area contributed by atoms with Gasteiger partial charge in [0.05, 0.1) is 17.0 Å². The van der Waals surface area contributed by atoms with E-state index in [1.54, 1.807) is 26.0 Å². The van der Waals surface area contributed by atoms with Crippen LogP contribution in [0.4, 0.5) is 30.6 Å². The first-order valence-corrected chi connectivity index (χ1v) is 17.5. The van der Waals surface area contributed by atoms with Gasteiger partial charge < -0.3 is 4.48 Å². The lowest BCUT2D eigenvalue weighted by Gasteiger charge is -2.18. The van der Waals surface area contributed by atoms with Crippen LogP contribution in [0, 0.1) is 77.6 Å². The highest BCUT2D eigenvalue weighted by molar-refractivity contribution is 6.42. The van der Waals surface area contributed by atoms with Crippen LogP contribution in [0.25, 0.3) is 23.8 Å². The van der Waals surface area contributed by atoms with Gasteiger partial charge in [-0.25, -0.2) is 26.9 Å². The summed E-state index contributed by atoms with van der Waals surface area (Å²) < 4.78 is 108. The van der Waals surface area contributed by atoms with E-state index in [0.717, 1.165) is 44.5 Å². The maximum absolute atomic E-state index is 16.0. The van der Waals surface area contributed by atoms with Gasteiger partial charge in [-0.15, -0.1) is 0 Å². The molecule has 5 rings (SSSR count). The molecule has 3 aromatic carbocycles. The SMILES string of the molecule is CCC1=C(C)/C(=C(\c2c(F)c(F)c(F)c(F)c2F)c2c(C)c(CC)c(/C=C/c3c(C)cc(C)cc3C)n2B(F)F)N=C1/C=C/c1c(C)cc(C)cc1C. The molecule has 10 heteroatoms. The Kier molecular flexibility index (Phi) is 11.3. The molecular weight excluding hydrogens is 688 g/mol. The van der Waals surface area contributed by atoms with Crippen molar-refractivity contribution in [3.8, 4) is 0 Å². The van der Waals surface area contributed by atoms with E-state index in [4.69, 9.17) is 4.99 Å². The number of halogens is 7. The van der Waals surface area contributed by atoms with Crippen LogP contribution < -0.4 is 0 Å². The Morgan fingerprint density at radius 3 is 1.53 bits per heavy atom. The molecule has 1 aliphatic rings. The lowest BCUT2D eigenvalue weighted by molar-refractivity contribution is 0.376. The normalized spacial score (nSPS) is 14.4. The van der Waals surface area contributed by atoms with Gasteiger partial charge >= 0.3 is 7.40 Å². The molecule has 0 radical (unpaired) electrons. The van der Waals surface area contributed by atoms with Gasteiger partial charge in [-0.3, -0.25) is 8.63 Å². The minimum absolute atomic E-state index is 0.0427. The summed E-state index contributed by atoms with van der Waals surface area (Å²) in [4.78, 5) is 4.75. The van der Waals surface area contributed by atoms with Crippen LogP contribution >= 0.6 is 0 Å². The average molecular weight is 731 g/mol. The van der Waals surface area contributed by atoms with Gasteiger partial charge in [0.2, 0.25) is 5.82 Å². The first-order valence-electron chi connectivity index (χ1n) is 17.5. The highest BCUT2D eigenvalue weighted by Crippen LogP contribution is 2.44. The number of hydrogen-bond donors (Lipinski definition) is 0. The van der Waals surface area contributed by atoms with Crippen molar-refractivity contribution in [2.45, 2.75) is 82.1 Å². The summed E-state index contributed by atoms with van der Waals surface area (Å²) >= 11 is 0. The number of aromatic nitrogens is 1. The van der Waals surface area contributed by atoms with E-state index < -0.39 is 47.6 Å². The zero-order valence-electron chi connectivity index (χ0n) is 31.7. The van der Waals surface area contributed by atoms with Crippen molar-refractivity contribution in [1.29, 1.82) is 0 Å².